The second-order valence-corrected chi connectivity index (χ2v) is 9.41. The summed E-state index contributed by atoms with van der Waals surface area (Å²) in [6.07, 6.45) is 10.1. The molecule has 0 fully saturated rings. The lowest BCUT2D eigenvalue weighted by Gasteiger charge is -2.34. The first-order chi connectivity index (χ1) is 11.8. The van der Waals surface area contributed by atoms with Crippen LogP contribution in [0.2, 0.25) is 0 Å². The molecule has 5 nitrogen and oxygen atoms in total. The molecular weight excluding hydrogens is 404 g/mol. The third-order valence-corrected chi connectivity index (χ3v) is 7.64. The van der Waals surface area contributed by atoms with Gasteiger partial charge in [-0.05, 0) is 50.0 Å². The van der Waals surface area contributed by atoms with Gasteiger partial charge in [0.2, 0.25) is 10.0 Å². The Kier molecular flexibility index (Phi) is 4.64. The molecule has 132 valence electrons. The number of hydrogen-bond donors (Lipinski definition) is 1. The quantitative estimate of drug-likeness (QED) is 0.743. The summed E-state index contributed by atoms with van der Waals surface area (Å²) in [4.78, 5) is 14.8. The van der Waals surface area contributed by atoms with Crippen LogP contribution in [0.4, 0.5) is 0 Å². The lowest BCUT2D eigenvalue weighted by Crippen LogP contribution is -2.42. The fourth-order valence-corrected chi connectivity index (χ4v) is 5.46. The minimum Gasteiger partial charge on any atom is -0.327 e. The van der Waals surface area contributed by atoms with Gasteiger partial charge in [-0.25, -0.2) is 12.4 Å². The normalized spacial score (nSPS) is 21.0. The molecule has 1 atom stereocenters. The maximum atomic E-state index is 13.5. The largest absolute Gasteiger partial charge is 0.327 e. The zero-order valence-electron chi connectivity index (χ0n) is 13.8. The number of allylic oxidation sites excluding steroid dienone is 4. The molecule has 25 heavy (non-hydrogen) atoms. The van der Waals surface area contributed by atoms with Crippen molar-refractivity contribution in [1.29, 1.82) is 0 Å². The molecule has 1 N–H and O–H groups in total. The fraction of sp³-hybridized carbons (Fsp3) is 0.278. The molecule has 2 heterocycles. The van der Waals surface area contributed by atoms with Gasteiger partial charge in [0.05, 0.1) is 0 Å². The number of aromatic nitrogens is 2. The molecule has 0 radical (unpaired) electrons. The highest BCUT2D eigenvalue weighted by Gasteiger charge is 2.44. The van der Waals surface area contributed by atoms with Crippen molar-refractivity contribution in [2.75, 3.05) is 0 Å². The van der Waals surface area contributed by atoms with Crippen LogP contribution < -0.4 is 5.56 Å². The van der Waals surface area contributed by atoms with Crippen molar-refractivity contribution in [3.05, 3.63) is 69.7 Å². The number of fused-ring (bicyclic) bond motifs is 1. The van der Waals surface area contributed by atoms with Crippen molar-refractivity contribution < 1.29 is 8.42 Å². The summed E-state index contributed by atoms with van der Waals surface area (Å²) in [5, 5.41) is 0.597. The van der Waals surface area contributed by atoms with Gasteiger partial charge >= 0.3 is 0 Å². The number of aromatic amines is 1. The van der Waals surface area contributed by atoms with Crippen molar-refractivity contribution in [3.8, 4) is 0 Å². The van der Waals surface area contributed by atoms with E-state index in [4.69, 9.17) is 0 Å². The summed E-state index contributed by atoms with van der Waals surface area (Å²) < 4.78 is 27.9. The maximum absolute atomic E-state index is 13.5. The number of H-pyrrole nitrogens is 1. The second-order valence-electron chi connectivity index (χ2n) is 6.25. The Morgan fingerprint density at radius 1 is 1.44 bits per heavy atom. The standard InChI is InChI=1S/C18H19BrN2O3S/c1-3-4-5-14-12-15(19)6-9-18(14,2)25(23,24)21-11-8-13-7-10-20-17(22)16(13)21/h3,6-8,10-12H,1,4-5,9H2,2H3,(H,20,22). The molecule has 3 rings (SSSR count). The van der Waals surface area contributed by atoms with Gasteiger partial charge in [0.1, 0.15) is 10.3 Å². The van der Waals surface area contributed by atoms with Crippen LogP contribution in [0.15, 0.2) is 64.2 Å². The number of halogens is 1. The van der Waals surface area contributed by atoms with Crippen LogP contribution in [-0.2, 0) is 10.0 Å². The molecule has 2 aromatic rings. The first-order valence-electron chi connectivity index (χ1n) is 7.93. The van der Waals surface area contributed by atoms with E-state index >= 15 is 0 Å². The molecule has 1 aliphatic carbocycles. The zero-order chi connectivity index (χ0) is 18.2. The van der Waals surface area contributed by atoms with Gasteiger partial charge < -0.3 is 4.98 Å². The van der Waals surface area contributed by atoms with E-state index in [0.29, 0.717) is 24.6 Å². The summed E-state index contributed by atoms with van der Waals surface area (Å²) in [7, 11) is -3.84. The number of nitrogens with one attached hydrogen (secondary N) is 1. The highest BCUT2D eigenvalue weighted by molar-refractivity contribution is 9.11. The second kappa shape index (κ2) is 6.46. The summed E-state index contributed by atoms with van der Waals surface area (Å²) >= 11 is 3.44. The minimum atomic E-state index is -3.84. The molecule has 7 heteroatoms. The van der Waals surface area contributed by atoms with Crippen molar-refractivity contribution in [2.24, 2.45) is 0 Å². The topological polar surface area (TPSA) is 71.9 Å². The van der Waals surface area contributed by atoms with Crippen LogP contribution in [0.3, 0.4) is 0 Å². The van der Waals surface area contributed by atoms with E-state index < -0.39 is 20.3 Å². The molecule has 1 unspecified atom stereocenters. The highest BCUT2D eigenvalue weighted by Crippen LogP contribution is 2.40. The zero-order valence-corrected chi connectivity index (χ0v) is 16.2. The van der Waals surface area contributed by atoms with E-state index in [1.807, 2.05) is 12.2 Å². The third-order valence-electron chi connectivity index (χ3n) is 4.70. The molecule has 0 amide bonds. The number of pyridine rings is 1. The summed E-state index contributed by atoms with van der Waals surface area (Å²) in [5.74, 6) is 0. The van der Waals surface area contributed by atoms with Crippen LogP contribution in [0, 0.1) is 0 Å². The maximum Gasteiger partial charge on any atom is 0.273 e. The molecule has 0 aliphatic heterocycles. The summed E-state index contributed by atoms with van der Waals surface area (Å²) in [6.45, 7) is 5.44. The Morgan fingerprint density at radius 2 is 2.20 bits per heavy atom. The number of nitrogens with zero attached hydrogens (tertiary/aromatic N) is 1. The molecule has 2 aromatic heterocycles. The van der Waals surface area contributed by atoms with Crippen LogP contribution in [0.1, 0.15) is 26.2 Å². The average molecular weight is 423 g/mol. The molecule has 0 saturated carbocycles. The van der Waals surface area contributed by atoms with Crippen LogP contribution in [0.5, 0.6) is 0 Å². The Bertz CT molecular complexity index is 1060. The Balaban J connectivity index is 2.19. The van der Waals surface area contributed by atoms with Gasteiger partial charge in [0, 0.05) is 22.3 Å². The predicted octanol–water partition coefficient (Wildman–Crippen LogP) is 3.84. The van der Waals surface area contributed by atoms with Gasteiger partial charge in [-0.1, -0.05) is 28.1 Å². The number of hydrogen-bond acceptors (Lipinski definition) is 3. The van der Waals surface area contributed by atoms with E-state index in [9.17, 15) is 13.2 Å². The van der Waals surface area contributed by atoms with E-state index in [1.165, 1.54) is 12.4 Å². The SMILES string of the molecule is C=CCCC1=CC(Br)=CCC1(C)S(=O)(=O)n1ccc2cc[nH]c(=O)c21. The van der Waals surface area contributed by atoms with Crippen molar-refractivity contribution in [3.63, 3.8) is 0 Å². The van der Waals surface area contributed by atoms with E-state index in [0.717, 1.165) is 14.0 Å². The molecule has 0 aromatic carbocycles. The molecule has 0 bridgehead atoms. The minimum absolute atomic E-state index is 0.153. The Labute approximate surface area is 154 Å². The Hall–Kier alpha value is -1.86. The van der Waals surface area contributed by atoms with Gasteiger partial charge in [0.15, 0.2) is 0 Å². The van der Waals surface area contributed by atoms with E-state index in [2.05, 4.69) is 27.5 Å². The number of rotatable bonds is 5. The fourth-order valence-electron chi connectivity index (χ4n) is 3.15. The molecule has 0 saturated heterocycles. The lowest BCUT2D eigenvalue weighted by molar-refractivity contribution is 0.540. The first kappa shape index (κ1) is 17.9. The first-order valence-corrected chi connectivity index (χ1v) is 10.2. The highest BCUT2D eigenvalue weighted by atomic mass is 79.9. The monoisotopic (exact) mass is 422 g/mol. The van der Waals surface area contributed by atoms with Gasteiger partial charge in [-0.3, -0.25) is 4.79 Å². The lowest BCUT2D eigenvalue weighted by atomic mass is 9.89. The van der Waals surface area contributed by atoms with Crippen LogP contribution >= 0.6 is 15.9 Å². The summed E-state index contributed by atoms with van der Waals surface area (Å²) in [6, 6.07) is 3.34. The summed E-state index contributed by atoms with van der Waals surface area (Å²) in [5.41, 5.74) is 0.537. The average Bonchev–Trinajstić information content (AvgIpc) is 3.02. The van der Waals surface area contributed by atoms with Crippen molar-refractivity contribution in [2.45, 2.75) is 30.9 Å². The van der Waals surface area contributed by atoms with Crippen LogP contribution in [-0.4, -0.2) is 22.1 Å². The predicted molar refractivity (Wildman–Crippen MR) is 104 cm³/mol. The van der Waals surface area contributed by atoms with Gasteiger partial charge in [-0.15, -0.1) is 6.58 Å². The van der Waals surface area contributed by atoms with Gasteiger partial charge in [0.25, 0.3) is 5.56 Å². The third kappa shape index (κ3) is 2.85. The van der Waals surface area contributed by atoms with Crippen molar-refractivity contribution >= 4 is 36.9 Å². The van der Waals surface area contributed by atoms with Gasteiger partial charge in [-0.2, -0.15) is 0 Å². The molecule has 0 spiro atoms. The van der Waals surface area contributed by atoms with Crippen LogP contribution in [0.25, 0.3) is 10.9 Å². The van der Waals surface area contributed by atoms with E-state index in [1.54, 1.807) is 25.1 Å². The Morgan fingerprint density at radius 3 is 2.92 bits per heavy atom. The smallest absolute Gasteiger partial charge is 0.273 e. The van der Waals surface area contributed by atoms with E-state index in [-0.39, 0.29) is 5.52 Å². The van der Waals surface area contributed by atoms with Crippen molar-refractivity contribution in [1.82, 2.24) is 8.96 Å². The molecular formula is C18H19BrN2O3S. The molecule has 1 aliphatic rings.